The highest BCUT2D eigenvalue weighted by molar-refractivity contribution is 5.72. The summed E-state index contributed by atoms with van der Waals surface area (Å²) in [5, 5.41) is 2.70. The predicted molar refractivity (Wildman–Crippen MR) is 61.9 cm³/mol. The van der Waals surface area contributed by atoms with E-state index in [0.717, 1.165) is 0 Å². The molecule has 18 heavy (non-hydrogen) atoms. The first-order valence-electron chi connectivity index (χ1n) is 6.10. The Morgan fingerprint density at radius 1 is 1.44 bits per heavy atom. The first-order valence-corrected chi connectivity index (χ1v) is 6.10. The molecule has 1 unspecified atom stereocenters. The fourth-order valence-electron chi connectivity index (χ4n) is 2.25. The largest absolute Gasteiger partial charge is 0.405 e. The van der Waals surface area contributed by atoms with Crippen LogP contribution in [0.1, 0.15) is 19.8 Å². The molecule has 0 aromatic carbocycles. The lowest BCUT2D eigenvalue weighted by Gasteiger charge is -2.37. The van der Waals surface area contributed by atoms with Gasteiger partial charge >= 0.3 is 6.18 Å². The van der Waals surface area contributed by atoms with Gasteiger partial charge in [0.25, 0.3) is 0 Å². The summed E-state index contributed by atoms with van der Waals surface area (Å²) in [7, 11) is 0. The Kier molecular flexibility index (Phi) is 5.40. The second-order valence-electron chi connectivity index (χ2n) is 4.71. The Balaban J connectivity index is 2.40. The highest BCUT2D eigenvalue weighted by Gasteiger charge is 2.43. The minimum Gasteiger partial charge on any atom is -0.356 e. The number of hydrogen-bond donors (Lipinski definition) is 2. The predicted octanol–water partition coefficient (Wildman–Crippen LogP) is 0.724. The van der Waals surface area contributed by atoms with Gasteiger partial charge in [-0.05, 0) is 31.8 Å². The molecule has 7 heteroatoms. The van der Waals surface area contributed by atoms with Crippen LogP contribution in [0.3, 0.4) is 0 Å². The molecule has 1 rings (SSSR count). The van der Waals surface area contributed by atoms with E-state index >= 15 is 0 Å². The number of rotatable bonds is 4. The molecule has 0 radical (unpaired) electrons. The van der Waals surface area contributed by atoms with Gasteiger partial charge in [0.2, 0.25) is 5.91 Å². The summed E-state index contributed by atoms with van der Waals surface area (Å²) in [5.74, 6) is 0.157. The van der Waals surface area contributed by atoms with E-state index in [0.29, 0.717) is 32.5 Å². The monoisotopic (exact) mass is 267 g/mol. The lowest BCUT2D eigenvalue weighted by Crippen LogP contribution is -2.53. The van der Waals surface area contributed by atoms with Crippen LogP contribution in [-0.2, 0) is 4.79 Å². The molecule has 0 aliphatic carbocycles. The van der Waals surface area contributed by atoms with Crippen molar-refractivity contribution in [3.05, 3.63) is 0 Å². The summed E-state index contributed by atoms with van der Waals surface area (Å²) in [4.78, 5) is 12.1. The number of likely N-dealkylation sites (tertiary alicyclic amines) is 1. The van der Waals surface area contributed by atoms with Gasteiger partial charge in [-0.15, -0.1) is 0 Å². The molecule has 1 atom stereocenters. The van der Waals surface area contributed by atoms with E-state index in [1.54, 1.807) is 0 Å². The molecule has 0 saturated carbocycles. The van der Waals surface area contributed by atoms with E-state index in [-0.39, 0.29) is 11.8 Å². The number of nitrogens with two attached hydrogens (primary N) is 1. The van der Waals surface area contributed by atoms with Gasteiger partial charge in [-0.2, -0.15) is 13.2 Å². The van der Waals surface area contributed by atoms with Crippen LogP contribution in [0.2, 0.25) is 0 Å². The van der Waals surface area contributed by atoms with Gasteiger partial charge in [0.05, 0.1) is 0 Å². The van der Waals surface area contributed by atoms with Gasteiger partial charge in [-0.25, -0.2) is 0 Å². The Hall–Kier alpha value is -0.820. The van der Waals surface area contributed by atoms with Crippen LogP contribution < -0.4 is 11.1 Å². The molecule has 3 N–H and O–H groups in total. The van der Waals surface area contributed by atoms with Crippen molar-refractivity contribution in [2.45, 2.75) is 32.0 Å². The van der Waals surface area contributed by atoms with Crippen molar-refractivity contribution in [1.82, 2.24) is 10.2 Å². The molecular formula is C11H20F3N3O. The summed E-state index contributed by atoms with van der Waals surface area (Å²) < 4.78 is 38.0. The molecule has 1 saturated heterocycles. The lowest BCUT2D eigenvalue weighted by molar-refractivity contribution is -0.184. The fourth-order valence-corrected chi connectivity index (χ4v) is 2.25. The maximum absolute atomic E-state index is 12.7. The Morgan fingerprint density at radius 2 is 2.00 bits per heavy atom. The SMILES string of the molecule is CC(=O)NCC1CCN(C(CN)C(F)(F)F)CC1. The summed E-state index contributed by atoms with van der Waals surface area (Å²) in [6.07, 6.45) is -2.95. The molecule has 0 aromatic rings. The van der Waals surface area contributed by atoms with Gasteiger partial charge in [-0.1, -0.05) is 0 Å². The van der Waals surface area contributed by atoms with Crippen molar-refractivity contribution in [3.8, 4) is 0 Å². The molecular weight excluding hydrogens is 247 g/mol. The molecule has 1 heterocycles. The van der Waals surface area contributed by atoms with Crippen LogP contribution >= 0.6 is 0 Å². The standard InChI is InChI=1S/C11H20F3N3O/c1-8(18)16-7-9-2-4-17(5-3-9)10(6-15)11(12,13)14/h9-10H,2-7,15H2,1H3,(H,16,18). The van der Waals surface area contributed by atoms with Crippen molar-refractivity contribution in [3.63, 3.8) is 0 Å². The van der Waals surface area contributed by atoms with Crippen LogP contribution in [0.5, 0.6) is 0 Å². The smallest absolute Gasteiger partial charge is 0.356 e. The van der Waals surface area contributed by atoms with E-state index < -0.39 is 18.8 Å². The Labute approximate surface area is 105 Å². The summed E-state index contributed by atoms with van der Waals surface area (Å²) in [6.45, 7) is 2.34. The van der Waals surface area contributed by atoms with Crippen molar-refractivity contribution in [1.29, 1.82) is 0 Å². The number of nitrogens with one attached hydrogen (secondary N) is 1. The maximum Gasteiger partial charge on any atom is 0.405 e. The number of halogens is 3. The average Bonchev–Trinajstić information content (AvgIpc) is 2.27. The minimum atomic E-state index is -4.26. The summed E-state index contributed by atoms with van der Waals surface area (Å²) in [6, 6.07) is -1.54. The van der Waals surface area contributed by atoms with Gasteiger partial charge in [0.1, 0.15) is 6.04 Å². The van der Waals surface area contributed by atoms with E-state index in [1.165, 1.54) is 11.8 Å². The number of alkyl halides is 3. The molecule has 0 aromatic heterocycles. The minimum absolute atomic E-state index is 0.104. The molecule has 106 valence electrons. The zero-order chi connectivity index (χ0) is 13.8. The second kappa shape index (κ2) is 6.38. The number of amides is 1. The van der Waals surface area contributed by atoms with Gasteiger partial charge in [0.15, 0.2) is 0 Å². The van der Waals surface area contributed by atoms with Crippen molar-refractivity contribution >= 4 is 5.91 Å². The van der Waals surface area contributed by atoms with Crippen molar-refractivity contribution < 1.29 is 18.0 Å². The zero-order valence-corrected chi connectivity index (χ0v) is 10.5. The molecule has 1 amide bonds. The van der Waals surface area contributed by atoms with Crippen LogP contribution in [0, 0.1) is 5.92 Å². The highest BCUT2D eigenvalue weighted by Crippen LogP contribution is 2.27. The second-order valence-corrected chi connectivity index (χ2v) is 4.71. The number of carbonyl (C=O) groups excluding carboxylic acids is 1. The zero-order valence-electron chi connectivity index (χ0n) is 10.5. The first kappa shape index (κ1) is 15.2. The van der Waals surface area contributed by atoms with Gasteiger partial charge in [0, 0.05) is 20.0 Å². The number of piperidine rings is 1. The van der Waals surface area contributed by atoms with E-state index in [9.17, 15) is 18.0 Å². The topological polar surface area (TPSA) is 58.4 Å². The third-order valence-electron chi connectivity index (χ3n) is 3.33. The highest BCUT2D eigenvalue weighted by atomic mass is 19.4. The molecule has 1 fully saturated rings. The number of carbonyl (C=O) groups is 1. The molecule has 4 nitrogen and oxygen atoms in total. The normalized spacial score (nSPS) is 20.7. The van der Waals surface area contributed by atoms with Crippen LogP contribution in [0.15, 0.2) is 0 Å². The fraction of sp³-hybridized carbons (Fsp3) is 0.909. The number of nitrogens with zero attached hydrogens (tertiary/aromatic N) is 1. The van der Waals surface area contributed by atoms with Crippen molar-refractivity contribution in [2.75, 3.05) is 26.2 Å². The van der Waals surface area contributed by atoms with Gasteiger partial charge in [-0.3, -0.25) is 9.69 Å². The quantitative estimate of drug-likeness (QED) is 0.789. The first-order chi connectivity index (χ1) is 8.34. The summed E-state index contributed by atoms with van der Waals surface area (Å²) in [5.41, 5.74) is 5.20. The molecule has 0 spiro atoms. The van der Waals surface area contributed by atoms with E-state index in [1.807, 2.05) is 0 Å². The molecule has 0 bridgehead atoms. The molecule has 1 aliphatic heterocycles. The maximum atomic E-state index is 12.7. The van der Waals surface area contributed by atoms with E-state index in [2.05, 4.69) is 5.32 Å². The van der Waals surface area contributed by atoms with Crippen molar-refractivity contribution in [2.24, 2.45) is 11.7 Å². The van der Waals surface area contributed by atoms with Crippen LogP contribution in [0.4, 0.5) is 13.2 Å². The average molecular weight is 267 g/mol. The van der Waals surface area contributed by atoms with Gasteiger partial charge < -0.3 is 11.1 Å². The Bertz CT molecular complexity index is 275. The van der Waals surface area contributed by atoms with Crippen LogP contribution in [0.25, 0.3) is 0 Å². The third-order valence-corrected chi connectivity index (χ3v) is 3.33. The lowest BCUT2D eigenvalue weighted by atomic mass is 9.95. The van der Waals surface area contributed by atoms with Crippen LogP contribution in [-0.4, -0.2) is 49.2 Å². The van der Waals surface area contributed by atoms with E-state index in [4.69, 9.17) is 5.73 Å². The number of hydrogen-bond acceptors (Lipinski definition) is 3. The summed E-state index contributed by atoms with van der Waals surface area (Å²) >= 11 is 0. The Morgan fingerprint density at radius 3 is 2.39 bits per heavy atom. The molecule has 1 aliphatic rings. The third kappa shape index (κ3) is 4.45.